The van der Waals surface area contributed by atoms with Gasteiger partial charge in [0, 0.05) is 25.2 Å². The monoisotopic (exact) mass is 332 g/mol. The van der Waals surface area contributed by atoms with Gasteiger partial charge in [-0.25, -0.2) is 14.8 Å². The molecule has 0 radical (unpaired) electrons. The number of anilines is 1. The predicted octanol–water partition coefficient (Wildman–Crippen LogP) is 2.52. The Hall–Kier alpha value is -2.06. The molecular weight excluding hydrogens is 313 g/mol. The molecule has 6 nitrogen and oxygen atoms in total. The van der Waals surface area contributed by atoms with Crippen molar-refractivity contribution in [2.75, 3.05) is 24.6 Å². The summed E-state index contributed by atoms with van der Waals surface area (Å²) < 4.78 is 43.3. The number of nitrogens with one attached hydrogen (secondary N) is 1. The Balaban J connectivity index is 2.00. The number of piperidine rings is 1. The van der Waals surface area contributed by atoms with E-state index in [-0.39, 0.29) is 17.7 Å². The first-order valence-corrected chi connectivity index (χ1v) is 7.40. The van der Waals surface area contributed by atoms with Crippen LogP contribution >= 0.6 is 0 Å². The van der Waals surface area contributed by atoms with E-state index in [0.29, 0.717) is 32.5 Å². The zero-order valence-corrected chi connectivity index (χ0v) is 13.0. The van der Waals surface area contributed by atoms with Crippen molar-refractivity contribution in [1.82, 2.24) is 15.3 Å². The van der Waals surface area contributed by atoms with Gasteiger partial charge in [0.15, 0.2) is 0 Å². The second-order valence-electron chi connectivity index (χ2n) is 5.28. The molecule has 0 atom stereocenters. The van der Waals surface area contributed by atoms with Crippen LogP contribution < -0.4 is 10.2 Å². The Morgan fingerprint density at radius 1 is 1.39 bits per heavy atom. The van der Waals surface area contributed by atoms with Crippen LogP contribution in [0.2, 0.25) is 0 Å². The number of aromatic nitrogens is 2. The molecule has 1 aliphatic heterocycles. The maximum atomic E-state index is 12.8. The lowest BCUT2D eigenvalue weighted by molar-refractivity contribution is -0.141. The highest BCUT2D eigenvalue weighted by Crippen LogP contribution is 2.30. The molecule has 0 aliphatic carbocycles. The Morgan fingerprint density at radius 2 is 2.04 bits per heavy atom. The van der Waals surface area contributed by atoms with Crippen LogP contribution in [0.5, 0.6) is 0 Å². The number of ether oxygens (including phenoxy) is 1. The van der Waals surface area contributed by atoms with Gasteiger partial charge in [0.25, 0.3) is 0 Å². The Kier molecular flexibility index (Phi) is 5.27. The van der Waals surface area contributed by atoms with Crippen molar-refractivity contribution >= 4 is 11.9 Å². The fourth-order valence-corrected chi connectivity index (χ4v) is 2.45. The molecule has 2 rings (SSSR count). The minimum absolute atomic E-state index is 0.0460. The van der Waals surface area contributed by atoms with Crippen LogP contribution in [0, 0.1) is 6.92 Å². The number of amides is 1. The lowest BCUT2D eigenvalue weighted by Gasteiger charge is -2.33. The number of halogens is 3. The fraction of sp³-hybridized carbons (Fsp3) is 0.643. The molecule has 1 aromatic heterocycles. The van der Waals surface area contributed by atoms with Crippen LogP contribution in [0.25, 0.3) is 0 Å². The van der Waals surface area contributed by atoms with Crippen molar-refractivity contribution in [1.29, 1.82) is 0 Å². The number of rotatable bonds is 3. The third-order valence-electron chi connectivity index (χ3n) is 3.53. The summed E-state index contributed by atoms with van der Waals surface area (Å²) in [6.45, 7) is 4.46. The first kappa shape index (κ1) is 17.3. The van der Waals surface area contributed by atoms with Gasteiger partial charge in [-0.15, -0.1) is 0 Å². The molecular formula is C14H19F3N4O2. The summed E-state index contributed by atoms with van der Waals surface area (Å²) in [5.74, 6) is 0.348. The van der Waals surface area contributed by atoms with Gasteiger partial charge >= 0.3 is 12.3 Å². The number of nitrogens with zero attached hydrogens (tertiary/aromatic N) is 3. The van der Waals surface area contributed by atoms with Gasteiger partial charge in [0.1, 0.15) is 17.3 Å². The minimum atomic E-state index is -4.49. The summed E-state index contributed by atoms with van der Waals surface area (Å²) in [7, 11) is 0. The van der Waals surface area contributed by atoms with E-state index in [0.717, 1.165) is 6.07 Å². The van der Waals surface area contributed by atoms with Crippen molar-refractivity contribution in [2.24, 2.45) is 0 Å². The molecule has 0 aromatic carbocycles. The summed E-state index contributed by atoms with van der Waals surface area (Å²) in [5, 5.41) is 2.74. The van der Waals surface area contributed by atoms with Crippen molar-refractivity contribution in [3.63, 3.8) is 0 Å². The maximum Gasteiger partial charge on any atom is 0.433 e. The molecule has 2 heterocycles. The zero-order chi connectivity index (χ0) is 17.0. The number of carbonyl (C=O) groups is 1. The summed E-state index contributed by atoms with van der Waals surface area (Å²) in [4.78, 5) is 20.7. The van der Waals surface area contributed by atoms with E-state index in [2.05, 4.69) is 15.3 Å². The summed E-state index contributed by atoms with van der Waals surface area (Å²) in [6, 6.07) is 0.918. The largest absolute Gasteiger partial charge is 0.450 e. The van der Waals surface area contributed by atoms with E-state index >= 15 is 0 Å². The van der Waals surface area contributed by atoms with Gasteiger partial charge in [0.2, 0.25) is 0 Å². The summed E-state index contributed by atoms with van der Waals surface area (Å²) in [6.07, 6.45) is -3.73. The molecule has 1 N–H and O–H groups in total. The SMILES string of the molecule is CCOC(=O)NC1CCN(c2cc(C(F)(F)F)nc(C)n2)CC1. The van der Waals surface area contributed by atoms with Crippen LogP contribution in [0.15, 0.2) is 6.07 Å². The fourth-order valence-electron chi connectivity index (χ4n) is 2.45. The predicted molar refractivity (Wildman–Crippen MR) is 77.2 cm³/mol. The van der Waals surface area contributed by atoms with E-state index in [1.165, 1.54) is 6.92 Å². The highest BCUT2D eigenvalue weighted by molar-refractivity contribution is 5.67. The van der Waals surface area contributed by atoms with Crippen LogP contribution in [0.3, 0.4) is 0 Å². The van der Waals surface area contributed by atoms with E-state index in [1.54, 1.807) is 11.8 Å². The standard InChI is InChI=1S/C14H19F3N4O2/c1-3-23-13(22)20-10-4-6-21(7-5-10)12-8-11(14(15,16)17)18-9(2)19-12/h8,10H,3-7H2,1-2H3,(H,20,22). The second-order valence-corrected chi connectivity index (χ2v) is 5.28. The van der Waals surface area contributed by atoms with Crippen LogP contribution in [-0.4, -0.2) is 41.8 Å². The van der Waals surface area contributed by atoms with E-state index in [9.17, 15) is 18.0 Å². The number of alkyl carbamates (subject to hydrolysis) is 1. The first-order chi connectivity index (χ1) is 10.8. The minimum Gasteiger partial charge on any atom is -0.450 e. The molecule has 0 spiro atoms. The van der Waals surface area contributed by atoms with Gasteiger partial charge in [-0.05, 0) is 26.7 Å². The number of hydrogen-bond donors (Lipinski definition) is 1. The average molecular weight is 332 g/mol. The molecule has 23 heavy (non-hydrogen) atoms. The summed E-state index contributed by atoms with van der Waals surface area (Å²) in [5.41, 5.74) is -0.938. The quantitative estimate of drug-likeness (QED) is 0.921. The van der Waals surface area contributed by atoms with Gasteiger partial charge < -0.3 is 15.0 Å². The normalized spacial score (nSPS) is 16.3. The summed E-state index contributed by atoms with van der Waals surface area (Å²) >= 11 is 0. The van der Waals surface area contributed by atoms with Gasteiger partial charge in [-0.1, -0.05) is 0 Å². The van der Waals surface area contributed by atoms with Crippen LogP contribution in [-0.2, 0) is 10.9 Å². The van der Waals surface area contributed by atoms with E-state index in [1.807, 2.05) is 0 Å². The number of carbonyl (C=O) groups excluding carboxylic acids is 1. The smallest absolute Gasteiger partial charge is 0.433 e. The highest BCUT2D eigenvalue weighted by atomic mass is 19.4. The molecule has 1 aromatic rings. The molecule has 0 saturated carbocycles. The topological polar surface area (TPSA) is 67.3 Å². The molecule has 1 fully saturated rings. The van der Waals surface area contributed by atoms with E-state index in [4.69, 9.17) is 4.74 Å². The number of aryl methyl sites for hydroxylation is 1. The number of hydrogen-bond acceptors (Lipinski definition) is 5. The maximum absolute atomic E-state index is 12.8. The van der Waals surface area contributed by atoms with E-state index < -0.39 is 18.0 Å². The van der Waals surface area contributed by atoms with Crippen molar-refractivity contribution in [2.45, 2.75) is 38.9 Å². The average Bonchev–Trinajstić information content (AvgIpc) is 2.46. The van der Waals surface area contributed by atoms with Crippen molar-refractivity contribution in [3.05, 3.63) is 17.6 Å². The molecule has 0 bridgehead atoms. The number of alkyl halides is 3. The highest BCUT2D eigenvalue weighted by Gasteiger charge is 2.34. The lowest BCUT2D eigenvalue weighted by atomic mass is 10.1. The third kappa shape index (κ3) is 4.70. The van der Waals surface area contributed by atoms with Crippen LogP contribution in [0.1, 0.15) is 31.3 Å². The molecule has 0 unspecified atom stereocenters. The molecule has 9 heteroatoms. The molecule has 1 aliphatic rings. The second kappa shape index (κ2) is 7.01. The van der Waals surface area contributed by atoms with Crippen molar-refractivity contribution in [3.8, 4) is 0 Å². The van der Waals surface area contributed by atoms with Gasteiger partial charge in [-0.3, -0.25) is 0 Å². The first-order valence-electron chi connectivity index (χ1n) is 7.40. The van der Waals surface area contributed by atoms with Crippen LogP contribution in [0.4, 0.5) is 23.8 Å². The Morgan fingerprint density at radius 3 is 2.61 bits per heavy atom. The molecule has 1 saturated heterocycles. The van der Waals surface area contributed by atoms with Gasteiger partial charge in [0.05, 0.1) is 6.61 Å². The molecule has 1 amide bonds. The zero-order valence-electron chi connectivity index (χ0n) is 13.0. The molecule has 128 valence electrons. The Bertz CT molecular complexity index is 557. The lowest BCUT2D eigenvalue weighted by Crippen LogP contribution is -2.45. The Labute approximate surface area is 132 Å². The van der Waals surface area contributed by atoms with Crippen molar-refractivity contribution < 1.29 is 22.7 Å². The van der Waals surface area contributed by atoms with Gasteiger partial charge in [-0.2, -0.15) is 13.2 Å². The third-order valence-corrected chi connectivity index (χ3v) is 3.53.